The highest BCUT2D eigenvalue weighted by atomic mass is 32.2. The van der Waals surface area contributed by atoms with Gasteiger partial charge in [0.2, 0.25) is 10.0 Å². The second-order valence-electron chi connectivity index (χ2n) is 7.79. The van der Waals surface area contributed by atoms with Crippen molar-refractivity contribution in [1.29, 1.82) is 0 Å². The average molecular weight is 429 g/mol. The summed E-state index contributed by atoms with van der Waals surface area (Å²) < 4.78 is 26.6. The van der Waals surface area contributed by atoms with E-state index in [1.807, 2.05) is 36.2 Å². The summed E-state index contributed by atoms with van der Waals surface area (Å²) in [6.07, 6.45) is 0.960. The molecule has 2 N–H and O–H groups in total. The molecule has 1 aliphatic heterocycles. The van der Waals surface area contributed by atoms with Gasteiger partial charge in [-0.2, -0.15) is 5.10 Å². The van der Waals surface area contributed by atoms with Crippen molar-refractivity contribution in [3.05, 3.63) is 65.2 Å². The van der Waals surface area contributed by atoms with E-state index in [9.17, 15) is 13.2 Å². The summed E-state index contributed by atoms with van der Waals surface area (Å²) in [6, 6.07) is 14.5. The predicted octanol–water partition coefficient (Wildman–Crippen LogP) is 3.03. The van der Waals surface area contributed by atoms with Crippen LogP contribution in [0.1, 0.15) is 48.7 Å². The number of carbonyl (C=O) groups is 1. The first-order chi connectivity index (χ1) is 14.2. The lowest BCUT2D eigenvalue weighted by Gasteiger charge is -2.14. The van der Waals surface area contributed by atoms with Crippen molar-refractivity contribution in [3.63, 3.8) is 0 Å². The zero-order valence-corrected chi connectivity index (χ0v) is 18.4. The number of rotatable bonds is 8. The first kappa shape index (κ1) is 22.0. The highest BCUT2D eigenvalue weighted by molar-refractivity contribution is 7.88. The molecule has 0 radical (unpaired) electrons. The molecule has 1 heterocycles. The largest absolute Gasteiger partial charge is 0.348 e. The summed E-state index contributed by atoms with van der Waals surface area (Å²) >= 11 is 0. The van der Waals surface area contributed by atoms with E-state index in [-0.39, 0.29) is 17.7 Å². The predicted molar refractivity (Wildman–Crippen MR) is 120 cm³/mol. The summed E-state index contributed by atoms with van der Waals surface area (Å²) in [5.74, 6) is -0.222. The molecule has 2 aromatic carbocycles. The molecule has 0 bridgehead atoms. The summed E-state index contributed by atoms with van der Waals surface area (Å²) in [6.45, 7) is 6.82. The zero-order chi connectivity index (χ0) is 21.7. The molecule has 2 aromatic rings. The molecule has 30 heavy (non-hydrogen) atoms. The molecule has 0 aromatic heterocycles. The maximum atomic E-state index is 12.4. The van der Waals surface area contributed by atoms with Gasteiger partial charge >= 0.3 is 0 Å². The molecule has 0 atom stereocenters. The van der Waals surface area contributed by atoms with Gasteiger partial charge in [0.05, 0.1) is 11.4 Å². The fourth-order valence-corrected chi connectivity index (χ4v) is 4.64. The molecular formula is C22H28N4O3S. The number of sulfonamides is 1. The van der Waals surface area contributed by atoms with Crippen molar-refractivity contribution in [3.8, 4) is 0 Å². The molecule has 160 valence electrons. The molecule has 1 aliphatic rings. The number of nitrogens with one attached hydrogen (secondary N) is 2. The fourth-order valence-electron chi connectivity index (χ4n) is 3.20. The molecule has 0 unspecified atom stereocenters. The summed E-state index contributed by atoms with van der Waals surface area (Å²) in [7, 11) is -3.35. The van der Waals surface area contributed by atoms with E-state index >= 15 is 0 Å². The number of hydrogen-bond donors (Lipinski definition) is 2. The second-order valence-corrected chi connectivity index (χ2v) is 9.54. The topological polar surface area (TPSA) is 90.9 Å². The Morgan fingerprint density at radius 3 is 2.27 bits per heavy atom. The Kier molecular flexibility index (Phi) is 6.89. The third-order valence-electron chi connectivity index (χ3n) is 4.65. The van der Waals surface area contributed by atoms with E-state index in [0.717, 1.165) is 29.9 Å². The number of carbonyl (C=O) groups excluding carboxylic acids is 1. The number of anilines is 1. The minimum absolute atomic E-state index is 0.0647. The van der Waals surface area contributed by atoms with Crippen LogP contribution in [0.15, 0.2) is 53.6 Å². The smallest absolute Gasteiger partial charge is 0.251 e. The zero-order valence-electron chi connectivity index (χ0n) is 17.6. The molecule has 0 saturated heterocycles. The molecule has 0 fully saturated rings. The standard InChI is InChI=1S/C22H28N4O3S/c1-16(2)25-30(28,29)15-19-6-4-18(5-7-19)14-23-22(27)20-8-10-21(11-9-20)26-13-12-17(3)24-26/h4-11,16,25H,12-15H2,1-3H3,(H,23,27). The quantitative estimate of drug-likeness (QED) is 0.676. The van der Waals surface area contributed by atoms with Crippen molar-refractivity contribution in [2.75, 3.05) is 11.6 Å². The normalized spacial score (nSPS) is 14.1. The molecular weight excluding hydrogens is 400 g/mol. The van der Waals surface area contributed by atoms with Crippen LogP contribution in [-0.4, -0.2) is 32.6 Å². The SMILES string of the molecule is CC1=NN(c2ccc(C(=O)NCc3ccc(CS(=O)(=O)NC(C)C)cc3)cc2)CC1. The van der Waals surface area contributed by atoms with Crippen molar-refractivity contribution in [2.24, 2.45) is 5.10 Å². The summed E-state index contributed by atoms with van der Waals surface area (Å²) in [4.78, 5) is 12.4. The van der Waals surface area contributed by atoms with Crippen molar-refractivity contribution in [2.45, 2.75) is 45.5 Å². The van der Waals surface area contributed by atoms with Gasteiger partial charge in [-0.3, -0.25) is 9.80 Å². The van der Waals surface area contributed by atoms with E-state index < -0.39 is 10.0 Å². The van der Waals surface area contributed by atoms with Gasteiger partial charge in [-0.25, -0.2) is 13.1 Å². The second kappa shape index (κ2) is 9.40. The maximum absolute atomic E-state index is 12.4. The van der Waals surface area contributed by atoms with Crippen LogP contribution in [0.4, 0.5) is 5.69 Å². The van der Waals surface area contributed by atoms with Gasteiger partial charge in [-0.1, -0.05) is 24.3 Å². The van der Waals surface area contributed by atoms with Crippen LogP contribution in [0.2, 0.25) is 0 Å². The third kappa shape index (κ3) is 6.14. The van der Waals surface area contributed by atoms with Crippen molar-refractivity contribution < 1.29 is 13.2 Å². The van der Waals surface area contributed by atoms with E-state index in [1.54, 1.807) is 38.1 Å². The first-order valence-electron chi connectivity index (χ1n) is 9.99. The van der Waals surface area contributed by atoms with Crippen molar-refractivity contribution >= 4 is 27.3 Å². The maximum Gasteiger partial charge on any atom is 0.251 e. The van der Waals surface area contributed by atoms with E-state index in [0.29, 0.717) is 17.7 Å². The van der Waals surface area contributed by atoms with Crippen LogP contribution >= 0.6 is 0 Å². The Morgan fingerprint density at radius 1 is 1.07 bits per heavy atom. The Morgan fingerprint density at radius 2 is 1.70 bits per heavy atom. The van der Waals surface area contributed by atoms with Gasteiger partial charge in [0.25, 0.3) is 5.91 Å². The molecule has 7 nitrogen and oxygen atoms in total. The van der Waals surface area contributed by atoms with Gasteiger partial charge in [-0.05, 0) is 56.2 Å². The van der Waals surface area contributed by atoms with Crippen LogP contribution in [0.25, 0.3) is 0 Å². The summed E-state index contributed by atoms with van der Waals surface area (Å²) in [5.41, 5.74) is 4.27. The van der Waals surface area contributed by atoms with E-state index in [1.165, 1.54) is 0 Å². The van der Waals surface area contributed by atoms with Gasteiger partial charge in [0, 0.05) is 36.8 Å². The minimum Gasteiger partial charge on any atom is -0.348 e. The van der Waals surface area contributed by atoms with Gasteiger partial charge in [0.1, 0.15) is 0 Å². The van der Waals surface area contributed by atoms with Crippen molar-refractivity contribution in [1.82, 2.24) is 10.0 Å². The molecule has 8 heteroatoms. The third-order valence-corrected chi connectivity index (χ3v) is 6.20. The molecule has 0 aliphatic carbocycles. The monoisotopic (exact) mass is 428 g/mol. The van der Waals surface area contributed by atoms with Crippen LogP contribution in [-0.2, 0) is 22.3 Å². The number of hydrogen-bond acceptors (Lipinski definition) is 5. The molecule has 0 spiro atoms. The van der Waals surface area contributed by atoms with Crippen LogP contribution in [0.5, 0.6) is 0 Å². The lowest BCUT2D eigenvalue weighted by molar-refractivity contribution is 0.0951. The molecule has 1 amide bonds. The Bertz CT molecular complexity index is 1010. The first-order valence-corrected chi connectivity index (χ1v) is 11.6. The number of amides is 1. The fraction of sp³-hybridized carbons (Fsp3) is 0.364. The average Bonchev–Trinajstić information content (AvgIpc) is 3.12. The lowest BCUT2D eigenvalue weighted by atomic mass is 10.1. The Balaban J connectivity index is 1.53. The summed E-state index contributed by atoms with van der Waals surface area (Å²) in [5, 5.41) is 9.29. The highest BCUT2D eigenvalue weighted by Crippen LogP contribution is 2.20. The molecule has 3 rings (SSSR count). The van der Waals surface area contributed by atoms with Gasteiger partial charge in [-0.15, -0.1) is 0 Å². The van der Waals surface area contributed by atoms with Crippen LogP contribution in [0, 0.1) is 0 Å². The number of nitrogens with zero attached hydrogens (tertiary/aromatic N) is 2. The number of hydrazone groups is 1. The Labute approximate surface area is 178 Å². The highest BCUT2D eigenvalue weighted by Gasteiger charge is 2.14. The lowest BCUT2D eigenvalue weighted by Crippen LogP contribution is -2.31. The van der Waals surface area contributed by atoms with Crippen LogP contribution in [0.3, 0.4) is 0 Å². The van der Waals surface area contributed by atoms with E-state index in [2.05, 4.69) is 15.1 Å². The number of benzene rings is 2. The van der Waals surface area contributed by atoms with Gasteiger partial charge < -0.3 is 5.32 Å². The Hall–Kier alpha value is -2.71. The van der Waals surface area contributed by atoms with E-state index in [4.69, 9.17) is 0 Å². The minimum atomic E-state index is -3.35. The van der Waals surface area contributed by atoms with Crippen LogP contribution < -0.4 is 15.0 Å². The van der Waals surface area contributed by atoms with Gasteiger partial charge in [0.15, 0.2) is 0 Å². The molecule has 0 saturated carbocycles.